The van der Waals surface area contributed by atoms with Gasteiger partial charge in [-0.3, -0.25) is 14.8 Å². The van der Waals surface area contributed by atoms with Crippen LogP contribution >= 0.6 is 24.0 Å². The van der Waals surface area contributed by atoms with E-state index in [1.807, 2.05) is 0 Å². The number of aliphatic imine (C=N–C) groups is 1. The Balaban J connectivity index is 0.00000338. The zero-order valence-corrected chi connectivity index (χ0v) is 19.3. The smallest absolute Gasteiger partial charge is 0.191 e. The number of hydrogen-bond acceptors (Lipinski definition) is 4. The van der Waals surface area contributed by atoms with Crippen molar-refractivity contribution in [3.05, 3.63) is 0 Å². The topological polar surface area (TPSA) is 52.1 Å². The first kappa shape index (κ1) is 23.9. The van der Waals surface area contributed by atoms with E-state index in [0.717, 1.165) is 64.9 Å². The minimum atomic E-state index is 0. The van der Waals surface area contributed by atoms with Gasteiger partial charge < -0.3 is 15.4 Å². The molecule has 0 aromatic rings. The van der Waals surface area contributed by atoms with Crippen LogP contribution in [0.1, 0.15) is 46.5 Å². The molecule has 2 aliphatic rings. The summed E-state index contributed by atoms with van der Waals surface area (Å²) < 4.78 is 5.40. The van der Waals surface area contributed by atoms with Gasteiger partial charge in [-0.15, -0.1) is 24.0 Å². The maximum atomic E-state index is 5.40. The lowest BCUT2D eigenvalue weighted by atomic mass is 10.0. The van der Waals surface area contributed by atoms with Gasteiger partial charge in [0.05, 0.1) is 19.8 Å². The van der Waals surface area contributed by atoms with Crippen LogP contribution in [0.25, 0.3) is 0 Å². The standard InChI is InChI=1S/C19H39N5O.HI/c1-4-20-19(21-9-7-10-23-12-14-25-15-13-23)22-16-18(3)24-11-6-5-8-17(24)2;/h17-18H,4-16H2,1-3H3,(H2,20,21,22);1H. The first-order chi connectivity index (χ1) is 12.2. The number of guanidine groups is 1. The first-order valence-corrected chi connectivity index (χ1v) is 10.3. The van der Waals surface area contributed by atoms with E-state index >= 15 is 0 Å². The van der Waals surface area contributed by atoms with E-state index in [1.165, 1.54) is 25.8 Å². The van der Waals surface area contributed by atoms with E-state index < -0.39 is 0 Å². The fourth-order valence-electron chi connectivity index (χ4n) is 3.78. The summed E-state index contributed by atoms with van der Waals surface area (Å²) in [6, 6.07) is 1.21. The number of hydrogen-bond donors (Lipinski definition) is 2. The van der Waals surface area contributed by atoms with Gasteiger partial charge in [-0.2, -0.15) is 0 Å². The quantitative estimate of drug-likeness (QED) is 0.241. The second-order valence-electron chi connectivity index (χ2n) is 7.39. The molecule has 2 unspecified atom stereocenters. The highest BCUT2D eigenvalue weighted by molar-refractivity contribution is 14.0. The van der Waals surface area contributed by atoms with Crippen LogP contribution in [0, 0.1) is 0 Å². The number of nitrogens with zero attached hydrogens (tertiary/aromatic N) is 3. The average molecular weight is 481 g/mol. The maximum Gasteiger partial charge on any atom is 0.191 e. The molecule has 0 amide bonds. The average Bonchev–Trinajstić information content (AvgIpc) is 2.64. The van der Waals surface area contributed by atoms with Crippen LogP contribution in [0.5, 0.6) is 0 Å². The number of nitrogens with one attached hydrogen (secondary N) is 2. The van der Waals surface area contributed by atoms with Crippen molar-refractivity contribution in [2.45, 2.75) is 58.5 Å². The third-order valence-corrected chi connectivity index (χ3v) is 5.33. The lowest BCUT2D eigenvalue weighted by Crippen LogP contribution is -2.46. The molecule has 0 aromatic carbocycles. The summed E-state index contributed by atoms with van der Waals surface area (Å²) in [7, 11) is 0. The minimum Gasteiger partial charge on any atom is -0.379 e. The van der Waals surface area contributed by atoms with Gasteiger partial charge in [0, 0.05) is 38.3 Å². The van der Waals surface area contributed by atoms with Gasteiger partial charge in [-0.05, 0) is 53.1 Å². The second kappa shape index (κ2) is 14.0. The van der Waals surface area contributed by atoms with Gasteiger partial charge in [-0.1, -0.05) is 6.42 Å². The van der Waals surface area contributed by atoms with Crippen molar-refractivity contribution in [3.63, 3.8) is 0 Å². The number of ether oxygens (including phenoxy) is 1. The summed E-state index contributed by atoms with van der Waals surface area (Å²) in [6.07, 6.45) is 5.18. The van der Waals surface area contributed by atoms with Crippen LogP contribution in [-0.2, 0) is 4.74 Å². The van der Waals surface area contributed by atoms with Crippen LogP contribution in [0.2, 0.25) is 0 Å². The van der Waals surface area contributed by atoms with Crippen molar-refractivity contribution in [2.75, 3.05) is 59.0 Å². The van der Waals surface area contributed by atoms with Crippen molar-refractivity contribution < 1.29 is 4.74 Å². The molecule has 6 nitrogen and oxygen atoms in total. The van der Waals surface area contributed by atoms with Crippen LogP contribution in [0.15, 0.2) is 4.99 Å². The summed E-state index contributed by atoms with van der Waals surface area (Å²) in [6.45, 7) is 15.8. The third kappa shape index (κ3) is 8.71. The van der Waals surface area contributed by atoms with Crippen LogP contribution in [0.4, 0.5) is 0 Å². The summed E-state index contributed by atoms with van der Waals surface area (Å²) in [4.78, 5) is 9.93. The van der Waals surface area contributed by atoms with Crippen LogP contribution < -0.4 is 10.6 Å². The van der Waals surface area contributed by atoms with E-state index in [4.69, 9.17) is 9.73 Å². The van der Waals surface area contributed by atoms with Gasteiger partial charge in [0.25, 0.3) is 0 Å². The van der Waals surface area contributed by atoms with Crippen LogP contribution in [-0.4, -0.2) is 86.9 Å². The van der Waals surface area contributed by atoms with Crippen molar-refractivity contribution in [3.8, 4) is 0 Å². The molecule has 7 heteroatoms. The second-order valence-corrected chi connectivity index (χ2v) is 7.39. The summed E-state index contributed by atoms with van der Waals surface area (Å²) in [5, 5.41) is 6.87. The SMILES string of the molecule is CCNC(=NCC(C)N1CCCCC1C)NCCCN1CCOCC1.I. The van der Waals surface area contributed by atoms with Crippen molar-refractivity contribution >= 4 is 29.9 Å². The fourth-order valence-corrected chi connectivity index (χ4v) is 3.78. The molecule has 2 atom stereocenters. The molecule has 2 aliphatic heterocycles. The summed E-state index contributed by atoms with van der Waals surface area (Å²) >= 11 is 0. The lowest BCUT2D eigenvalue weighted by molar-refractivity contribution is 0.0376. The predicted molar refractivity (Wildman–Crippen MR) is 121 cm³/mol. The molecule has 2 heterocycles. The molecule has 2 saturated heterocycles. The van der Waals surface area contributed by atoms with E-state index in [2.05, 4.69) is 41.2 Å². The van der Waals surface area contributed by atoms with Gasteiger partial charge in [0.15, 0.2) is 5.96 Å². The Morgan fingerprint density at radius 3 is 2.65 bits per heavy atom. The number of piperidine rings is 1. The van der Waals surface area contributed by atoms with E-state index in [0.29, 0.717) is 12.1 Å². The van der Waals surface area contributed by atoms with Crippen molar-refractivity contribution in [1.29, 1.82) is 0 Å². The Hall–Kier alpha value is -0.120. The van der Waals surface area contributed by atoms with Gasteiger partial charge in [0.1, 0.15) is 0 Å². The molecular weight excluding hydrogens is 441 g/mol. The molecule has 2 rings (SSSR count). The van der Waals surface area contributed by atoms with Crippen LogP contribution in [0.3, 0.4) is 0 Å². The van der Waals surface area contributed by atoms with Crippen molar-refractivity contribution in [2.24, 2.45) is 4.99 Å². The van der Waals surface area contributed by atoms with E-state index in [-0.39, 0.29) is 24.0 Å². The molecule has 0 aromatic heterocycles. The normalized spacial score (nSPS) is 24.0. The fraction of sp³-hybridized carbons (Fsp3) is 0.947. The van der Waals surface area contributed by atoms with Crippen molar-refractivity contribution in [1.82, 2.24) is 20.4 Å². The highest BCUT2D eigenvalue weighted by Crippen LogP contribution is 2.19. The Labute approximate surface area is 177 Å². The molecule has 0 saturated carbocycles. The third-order valence-electron chi connectivity index (χ3n) is 5.33. The highest BCUT2D eigenvalue weighted by Gasteiger charge is 2.22. The molecule has 0 bridgehead atoms. The molecule has 26 heavy (non-hydrogen) atoms. The van der Waals surface area contributed by atoms with E-state index in [1.54, 1.807) is 0 Å². The Morgan fingerprint density at radius 1 is 1.19 bits per heavy atom. The number of morpholine rings is 1. The predicted octanol–water partition coefficient (Wildman–Crippen LogP) is 2.14. The molecule has 0 spiro atoms. The largest absolute Gasteiger partial charge is 0.379 e. The molecule has 2 N–H and O–H groups in total. The first-order valence-electron chi connectivity index (χ1n) is 10.3. The number of likely N-dealkylation sites (tertiary alicyclic amines) is 1. The molecule has 0 radical (unpaired) electrons. The van der Waals surface area contributed by atoms with E-state index in [9.17, 15) is 0 Å². The highest BCUT2D eigenvalue weighted by atomic mass is 127. The van der Waals surface area contributed by atoms with Gasteiger partial charge >= 0.3 is 0 Å². The Morgan fingerprint density at radius 2 is 1.96 bits per heavy atom. The number of halogens is 1. The molecule has 2 fully saturated rings. The molecule has 0 aliphatic carbocycles. The van der Waals surface area contributed by atoms with Gasteiger partial charge in [-0.25, -0.2) is 0 Å². The Kier molecular flexibility index (Phi) is 12.8. The summed E-state index contributed by atoms with van der Waals surface area (Å²) in [5.74, 6) is 0.959. The number of rotatable bonds is 8. The van der Waals surface area contributed by atoms with Gasteiger partial charge in [0.2, 0.25) is 0 Å². The molecule has 154 valence electrons. The zero-order chi connectivity index (χ0) is 17.9. The lowest BCUT2D eigenvalue weighted by Gasteiger charge is -2.37. The molecular formula is C19H40IN5O. The maximum absolute atomic E-state index is 5.40. The summed E-state index contributed by atoms with van der Waals surface area (Å²) in [5.41, 5.74) is 0. The monoisotopic (exact) mass is 481 g/mol. The Bertz CT molecular complexity index is 390. The minimum absolute atomic E-state index is 0. The zero-order valence-electron chi connectivity index (χ0n) is 17.0.